The smallest absolute Gasteiger partial charge is 0.0654 e. The Bertz CT molecular complexity index is 1540. The van der Waals surface area contributed by atoms with E-state index < -0.39 is 16.9 Å². The van der Waals surface area contributed by atoms with E-state index in [1.54, 1.807) is 0 Å². The first kappa shape index (κ1) is 60.2. The second-order valence-electron chi connectivity index (χ2n) is 21.0. The van der Waals surface area contributed by atoms with E-state index >= 15 is 8.42 Å². The van der Waals surface area contributed by atoms with Crippen molar-refractivity contribution < 1.29 is 12.4 Å². The summed E-state index contributed by atoms with van der Waals surface area (Å²) in [5.41, 5.74) is 4.01. The zero-order valence-corrected chi connectivity index (χ0v) is 46.5. The second-order valence-corrected chi connectivity index (χ2v) is 28.6. The first-order valence-electron chi connectivity index (χ1n) is 29.2. The third-order valence-electron chi connectivity index (χ3n) is 15.4. The van der Waals surface area contributed by atoms with Gasteiger partial charge >= 0.3 is 312 Å². The number of hydrogen-bond donors (Lipinski definition) is 0. The Morgan fingerprint density at radius 3 is 0.985 bits per heavy atom. The summed E-state index contributed by atoms with van der Waals surface area (Å²) < 4.78 is 39.1. The first-order valence-corrected chi connectivity index (χ1v) is 33.5. The summed E-state index contributed by atoms with van der Waals surface area (Å²) in [6.45, 7) is 12.9. The Morgan fingerprint density at radius 2 is 0.646 bits per heavy atom. The predicted molar refractivity (Wildman–Crippen MR) is 296 cm³/mol. The van der Waals surface area contributed by atoms with Gasteiger partial charge in [-0.05, 0) is 0 Å². The summed E-state index contributed by atoms with van der Waals surface area (Å²) in [5, 5.41) is 2.13. The zero-order valence-electron chi connectivity index (χ0n) is 44.8. The van der Waals surface area contributed by atoms with Gasteiger partial charge in [0.05, 0.1) is 0 Å². The molecule has 65 heavy (non-hydrogen) atoms. The molecule has 2 aromatic rings. The van der Waals surface area contributed by atoms with Crippen LogP contribution in [0.3, 0.4) is 0 Å². The molecule has 0 aliphatic carbocycles. The molecule has 0 aliphatic heterocycles. The van der Waals surface area contributed by atoms with Crippen LogP contribution >= 0.6 is 6.83 Å². The summed E-state index contributed by atoms with van der Waals surface area (Å²) in [4.78, 5) is 0.574. The summed E-state index contributed by atoms with van der Waals surface area (Å²) in [6, 6.07) is 8.70. The summed E-state index contributed by atoms with van der Waals surface area (Å²) in [5.74, 6) is 0. The fourth-order valence-electron chi connectivity index (χ4n) is 11.1. The number of aryl methyl sites for hydroxylation is 1. The standard InChI is InChI=1S/C60H111O3PS/c1-8-15-21-24-27-30-33-36-39-42-47-55-56(48-43-40-37-34-31-28-25-22-16-9-2)58(50-44-41-38-35-32-29-26-23-17-10-3)60(59-51-46-45-49-57(55)59)65(61,62)63-64(14-7,52-18-11-4,53-19-12-5)54-20-13-6/h45-46,49,51H,8-44,47-48,50,52-54H2,1-7H3. The van der Waals surface area contributed by atoms with Crippen molar-refractivity contribution >= 4 is 27.7 Å². The molecule has 0 bridgehead atoms. The van der Waals surface area contributed by atoms with E-state index in [0.29, 0.717) is 4.90 Å². The van der Waals surface area contributed by atoms with Crippen molar-refractivity contribution in [3.63, 3.8) is 0 Å². The minimum atomic E-state index is -4.08. The molecule has 0 aromatic heterocycles. The summed E-state index contributed by atoms with van der Waals surface area (Å²) in [6.07, 6.45) is 52.2. The topological polar surface area (TPSA) is 43.4 Å². The van der Waals surface area contributed by atoms with Crippen LogP contribution in [0.5, 0.6) is 0 Å². The van der Waals surface area contributed by atoms with Crippen molar-refractivity contribution in [1.82, 2.24) is 0 Å². The first-order chi connectivity index (χ1) is 31.7. The van der Waals surface area contributed by atoms with E-state index in [-0.39, 0.29) is 0 Å². The zero-order chi connectivity index (χ0) is 47.4. The molecule has 2 rings (SSSR count). The molecule has 0 unspecified atom stereocenters. The number of fused-ring (bicyclic) bond motifs is 1. The van der Waals surface area contributed by atoms with Crippen LogP contribution < -0.4 is 0 Å². The van der Waals surface area contributed by atoms with Crippen LogP contribution in [0.1, 0.15) is 296 Å². The van der Waals surface area contributed by atoms with Crippen molar-refractivity contribution in [1.29, 1.82) is 0 Å². The Hall–Kier alpha value is -0.960. The SMILES string of the molecule is CCCCCCCCCCCCc1c(CCCCCCCCCCCC)c(S(=O)(=O)OP(CC)(CCCC)(CCCC)CCCC)c2ccccc2c1CCCCCCCCCCCC. The van der Waals surface area contributed by atoms with Gasteiger partial charge in [0.25, 0.3) is 0 Å². The molecule has 0 radical (unpaired) electrons. The molecule has 3 nitrogen and oxygen atoms in total. The Labute approximate surface area is 407 Å². The van der Waals surface area contributed by atoms with Gasteiger partial charge in [0.1, 0.15) is 0 Å². The third-order valence-corrected chi connectivity index (χ3v) is 24.8. The maximum absolute atomic E-state index is 15.9. The van der Waals surface area contributed by atoms with Gasteiger partial charge in [0, 0.05) is 0 Å². The van der Waals surface area contributed by atoms with Crippen LogP contribution in [0.15, 0.2) is 29.2 Å². The van der Waals surface area contributed by atoms with Crippen molar-refractivity contribution in [2.75, 3.05) is 24.6 Å². The monoisotopic (exact) mass is 943 g/mol. The van der Waals surface area contributed by atoms with Crippen LogP contribution in [0.2, 0.25) is 0 Å². The molecule has 0 saturated heterocycles. The van der Waals surface area contributed by atoms with E-state index in [1.807, 2.05) is 0 Å². The fraction of sp³-hybridized carbons (Fsp3) is 0.833. The van der Waals surface area contributed by atoms with Gasteiger partial charge in [-0.2, -0.15) is 0 Å². The van der Waals surface area contributed by atoms with Crippen molar-refractivity contribution in [2.24, 2.45) is 0 Å². The van der Waals surface area contributed by atoms with Crippen molar-refractivity contribution in [3.8, 4) is 0 Å². The molecule has 0 heterocycles. The number of unbranched alkanes of at least 4 members (excludes halogenated alkanes) is 30. The molecule has 0 atom stereocenters. The van der Waals surface area contributed by atoms with Gasteiger partial charge in [0.15, 0.2) is 0 Å². The van der Waals surface area contributed by atoms with Crippen LogP contribution in [0.25, 0.3) is 10.8 Å². The van der Waals surface area contributed by atoms with Crippen LogP contribution in [0, 0.1) is 0 Å². The molecule has 5 heteroatoms. The fourth-order valence-corrected chi connectivity index (χ4v) is 20.8. The van der Waals surface area contributed by atoms with Gasteiger partial charge in [-0.25, -0.2) is 0 Å². The normalized spacial score (nSPS) is 12.9. The van der Waals surface area contributed by atoms with Gasteiger partial charge < -0.3 is 0 Å². The molecule has 0 amide bonds. The van der Waals surface area contributed by atoms with Gasteiger partial charge in [0.2, 0.25) is 0 Å². The quantitative estimate of drug-likeness (QED) is 0.0491. The number of benzene rings is 2. The van der Waals surface area contributed by atoms with E-state index in [9.17, 15) is 0 Å². The predicted octanol–water partition coefficient (Wildman–Crippen LogP) is 20.8. The Balaban J connectivity index is 2.66. The average Bonchev–Trinajstić information content (AvgIpc) is 3.31. The van der Waals surface area contributed by atoms with Gasteiger partial charge in [-0.15, -0.1) is 0 Å². The Kier molecular flexibility index (Phi) is 34.2. The summed E-state index contributed by atoms with van der Waals surface area (Å²) in [7, 11) is -4.08. The minimum absolute atomic E-state index is 0.574. The van der Waals surface area contributed by atoms with Crippen molar-refractivity contribution in [3.05, 3.63) is 41.0 Å². The second kappa shape index (κ2) is 36.9. The molecule has 0 saturated carbocycles. The number of rotatable bonds is 46. The molecular weight excluding hydrogens is 832 g/mol. The molecule has 0 fully saturated rings. The average molecular weight is 944 g/mol. The van der Waals surface area contributed by atoms with E-state index in [1.165, 1.54) is 196 Å². The molecule has 0 spiro atoms. The van der Waals surface area contributed by atoms with Crippen LogP contribution in [0.4, 0.5) is 0 Å². The molecule has 0 aliphatic rings. The molecule has 0 N–H and O–H groups in total. The van der Waals surface area contributed by atoms with Crippen LogP contribution in [-0.2, 0) is 33.4 Å². The molecular formula is C60H111O3PS. The number of hydrogen-bond acceptors (Lipinski definition) is 3. The minimum Gasteiger partial charge on any atom is -0.0654 e. The van der Waals surface area contributed by atoms with Crippen molar-refractivity contribution in [2.45, 2.75) is 304 Å². The summed E-state index contributed by atoms with van der Waals surface area (Å²) >= 11 is 0. The van der Waals surface area contributed by atoms with E-state index in [4.69, 9.17) is 3.97 Å². The molecule has 380 valence electrons. The van der Waals surface area contributed by atoms with Crippen LogP contribution in [-0.4, -0.2) is 33.1 Å². The van der Waals surface area contributed by atoms with Gasteiger partial charge in [-0.1, -0.05) is 97.8 Å². The molecule has 2 aromatic carbocycles. The van der Waals surface area contributed by atoms with E-state index in [0.717, 1.165) is 106 Å². The van der Waals surface area contributed by atoms with Gasteiger partial charge in [-0.3, -0.25) is 0 Å². The van der Waals surface area contributed by atoms with E-state index in [2.05, 4.69) is 72.7 Å². The maximum atomic E-state index is 15.9. The Morgan fingerprint density at radius 1 is 0.354 bits per heavy atom. The third kappa shape index (κ3) is 23.0.